The molecule has 0 heterocycles. The van der Waals surface area contributed by atoms with Crippen molar-refractivity contribution in [2.24, 2.45) is 0 Å². The molecule has 3 nitrogen and oxygen atoms in total. The minimum Gasteiger partial charge on any atom is -0.490 e. The van der Waals surface area contributed by atoms with E-state index in [1.54, 1.807) is 12.1 Å². The number of rotatable bonds is 8. The molecule has 1 N–H and O–H groups in total. The molecule has 0 bridgehead atoms. The standard InChI is InChI=1S/C19H24FNO2/c1-4-22-19-11-16(7-10-18(19)23-14(2)3)13-21-12-15-5-8-17(20)9-6-15/h5-11,14,21H,4,12-13H2,1-3H3. The van der Waals surface area contributed by atoms with Crippen LogP contribution in [0.15, 0.2) is 42.5 Å². The molecule has 2 aromatic rings. The molecule has 23 heavy (non-hydrogen) atoms. The molecular formula is C19H24FNO2. The van der Waals surface area contributed by atoms with Gasteiger partial charge in [0.2, 0.25) is 0 Å². The van der Waals surface area contributed by atoms with Gasteiger partial charge in [0, 0.05) is 13.1 Å². The minimum atomic E-state index is -0.212. The van der Waals surface area contributed by atoms with Gasteiger partial charge in [0.05, 0.1) is 12.7 Å². The summed E-state index contributed by atoms with van der Waals surface area (Å²) in [5.41, 5.74) is 2.17. The van der Waals surface area contributed by atoms with Crippen LogP contribution in [0.1, 0.15) is 31.9 Å². The Balaban J connectivity index is 1.96. The van der Waals surface area contributed by atoms with Crippen LogP contribution in [-0.4, -0.2) is 12.7 Å². The molecule has 0 radical (unpaired) electrons. The zero-order valence-corrected chi connectivity index (χ0v) is 13.9. The second kappa shape index (κ2) is 8.53. The van der Waals surface area contributed by atoms with Crippen LogP contribution in [0, 0.1) is 5.82 Å². The van der Waals surface area contributed by atoms with Gasteiger partial charge in [0.25, 0.3) is 0 Å². The predicted octanol–water partition coefficient (Wildman–Crippen LogP) is 4.30. The van der Waals surface area contributed by atoms with Gasteiger partial charge in [-0.1, -0.05) is 18.2 Å². The lowest BCUT2D eigenvalue weighted by Crippen LogP contribution is -2.13. The first-order valence-electron chi connectivity index (χ1n) is 7.96. The van der Waals surface area contributed by atoms with Gasteiger partial charge < -0.3 is 14.8 Å². The van der Waals surface area contributed by atoms with E-state index >= 15 is 0 Å². The Bertz CT molecular complexity index is 611. The summed E-state index contributed by atoms with van der Waals surface area (Å²) in [6.07, 6.45) is 0.108. The molecule has 0 aliphatic carbocycles. The maximum atomic E-state index is 12.9. The van der Waals surface area contributed by atoms with Crippen molar-refractivity contribution >= 4 is 0 Å². The van der Waals surface area contributed by atoms with Crippen LogP contribution in [0.3, 0.4) is 0 Å². The van der Waals surface area contributed by atoms with Crippen molar-refractivity contribution in [2.45, 2.75) is 40.0 Å². The average molecular weight is 317 g/mol. The van der Waals surface area contributed by atoms with Crippen LogP contribution in [0.4, 0.5) is 4.39 Å². The molecule has 4 heteroatoms. The molecule has 0 saturated carbocycles. The number of benzene rings is 2. The van der Waals surface area contributed by atoms with E-state index in [4.69, 9.17) is 9.47 Å². The van der Waals surface area contributed by atoms with Crippen molar-refractivity contribution in [1.82, 2.24) is 5.32 Å². The number of hydrogen-bond donors (Lipinski definition) is 1. The Hall–Kier alpha value is -2.07. The quantitative estimate of drug-likeness (QED) is 0.787. The molecule has 0 saturated heterocycles. The van der Waals surface area contributed by atoms with Crippen molar-refractivity contribution in [3.63, 3.8) is 0 Å². The third-order valence-corrected chi connectivity index (χ3v) is 3.24. The maximum Gasteiger partial charge on any atom is 0.161 e. The fraction of sp³-hybridized carbons (Fsp3) is 0.368. The van der Waals surface area contributed by atoms with Gasteiger partial charge in [0.15, 0.2) is 11.5 Å². The molecule has 0 spiro atoms. The fourth-order valence-electron chi connectivity index (χ4n) is 2.24. The third-order valence-electron chi connectivity index (χ3n) is 3.24. The Labute approximate surface area is 137 Å². The average Bonchev–Trinajstić information content (AvgIpc) is 2.51. The van der Waals surface area contributed by atoms with E-state index in [0.29, 0.717) is 19.7 Å². The SMILES string of the molecule is CCOc1cc(CNCc2ccc(F)cc2)ccc1OC(C)C. The van der Waals surface area contributed by atoms with E-state index < -0.39 is 0 Å². The minimum absolute atomic E-state index is 0.108. The Morgan fingerprint density at radius 3 is 2.26 bits per heavy atom. The van der Waals surface area contributed by atoms with Gasteiger partial charge in [-0.3, -0.25) is 0 Å². The van der Waals surface area contributed by atoms with Crippen LogP contribution in [0.25, 0.3) is 0 Å². The zero-order chi connectivity index (χ0) is 16.7. The first kappa shape index (κ1) is 17.3. The molecule has 0 aliphatic heterocycles. The zero-order valence-electron chi connectivity index (χ0n) is 13.9. The van der Waals surface area contributed by atoms with Crippen molar-refractivity contribution in [3.8, 4) is 11.5 Å². The van der Waals surface area contributed by atoms with Crippen molar-refractivity contribution in [2.75, 3.05) is 6.61 Å². The summed E-state index contributed by atoms with van der Waals surface area (Å²) in [5.74, 6) is 1.32. The molecule has 0 amide bonds. The van der Waals surface area contributed by atoms with Crippen LogP contribution in [0.2, 0.25) is 0 Å². The lowest BCUT2D eigenvalue weighted by molar-refractivity contribution is 0.223. The maximum absolute atomic E-state index is 12.9. The lowest BCUT2D eigenvalue weighted by atomic mass is 10.2. The molecular weight excluding hydrogens is 293 g/mol. The second-order valence-corrected chi connectivity index (χ2v) is 5.61. The van der Waals surface area contributed by atoms with E-state index in [9.17, 15) is 4.39 Å². The summed E-state index contributed by atoms with van der Waals surface area (Å²) in [4.78, 5) is 0. The van der Waals surface area contributed by atoms with Crippen LogP contribution >= 0.6 is 0 Å². The van der Waals surface area contributed by atoms with E-state index in [-0.39, 0.29) is 11.9 Å². The molecule has 124 valence electrons. The number of halogens is 1. The fourth-order valence-corrected chi connectivity index (χ4v) is 2.24. The Kier molecular flexibility index (Phi) is 6.41. The van der Waals surface area contributed by atoms with Crippen LogP contribution in [0.5, 0.6) is 11.5 Å². The number of ether oxygens (including phenoxy) is 2. The summed E-state index contributed by atoms with van der Waals surface area (Å²) in [6.45, 7) is 7.94. The topological polar surface area (TPSA) is 30.5 Å². The van der Waals surface area contributed by atoms with Crippen LogP contribution in [-0.2, 0) is 13.1 Å². The molecule has 0 aliphatic rings. The smallest absolute Gasteiger partial charge is 0.161 e. The van der Waals surface area contributed by atoms with Gasteiger partial charge in [-0.05, 0) is 56.2 Å². The summed E-state index contributed by atoms with van der Waals surface area (Å²) < 4.78 is 24.3. The molecule has 2 aromatic carbocycles. The van der Waals surface area contributed by atoms with Gasteiger partial charge in [-0.25, -0.2) is 4.39 Å². The highest BCUT2D eigenvalue weighted by atomic mass is 19.1. The van der Waals surface area contributed by atoms with Crippen LogP contribution < -0.4 is 14.8 Å². The largest absolute Gasteiger partial charge is 0.490 e. The predicted molar refractivity (Wildman–Crippen MR) is 90.3 cm³/mol. The molecule has 0 aromatic heterocycles. The number of hydrogen-bond acceptors (Lipinski definition) is 3. The lowest BCUT2D eigenvalue weighted by Gasteiger charge is -2.15. The first-order chi connectivity index (χ1) is 11.1. The van der Waals surface area contributed by atoms with Gasteiger partial charge in [-0.15, -0.1) is 0 Å². The van der Waals surface area contributed by atoms with E-state index in [1.165, 1.54) is 12.1 Å². The van der Waals surface area contributed by atoms with E-state index in [2.05, 4.69) is 5.32 Å². The van der Waals surface area contributed by atoms with Crippen molar-refractivity contribution in [1.29, 1.82) is 0 Å². The third kappa shape index (κ3) is 5.57. The molecule has 0 fully saturated rings. The van der Waals surface area contributed by atoms with Crippen molar-refractivity contribution < 1.29 is 13.9 Å². The van der Waals surface area contributed by atoms with E-state index in [0.717, 1.165) is 22.6 Å². The Morgan fingerprint density at radius 1 is 0.957 bits per heavy atom. The highest BCUT2D eigenvalue weighted by Crippen LogP contribution is 2.29. The van der Waals surface area contributed by atoms with E-state index in [1.807, 2.05) is 39.0 Å². The second-order valence-electron chi connectivity index (χ2n) is 5.61. The summed E-state index contributed by atoms with van der Waals surface area (Å²) in [7, 11) is 0. The van der Waals surface area contributed by atoms with Crippen molar-refractivity contribution in [3.05, 3.63) is 59.4 Å². The molecule has 2 rings (SSSR count). The monoisotopic (exact) mass is 317 g/mol. The molecule has 0 atom stereocenters. The van der Waals surface area contributed by atoms with Gasteiger partial charge in [-0.2, -0.15) is 0 Å². The van der Waals surface area contributed by atoms with Gasteiger partial charge >= 0.3 is 0 Å². The highest BCUT2D eigenvalue weighted by Gasteiger charge is 2.08. The summed E-state index contributed by atoms with van der Waals surface area (Å²) in [5, 5.41) is 3.35. The first-order valence-corrected chi connectivity index (χ1v) is 7.96. The Morgan fingerprint density at radius 2 is 1.61 bits per heavy atom. The highest BCUT2D eigenvalue weighted by molar-refractivity contribution is 5.43. The summed E-state index contributed by atoms with van der Waals surface area (Å²) >= 11 is 0. The van der Waals surface area contributed by atoms with Gasteiger partial charge in [0.1, 0.15) is 5.82 Å². The molecule has 0 unspecified atom stereocenters. The summed E-state index contributed by atoms with van der Waals surface area (Å²) in [6, 6.07) is 12.5. The number of nitrogens with one attached hydrogen (secondary N) is 1. The normalized spacial score (nSPS) is 10.8.